The summed E-state index contributed by atoms with van der Waals surface area (Å²) in [5, 5.41) is 0. The first-order valence-electron chi connectivity index (χ1n) is 4.92. The third kappa shape index (κ3) is 6.28. The normalized spacial score (nSPS) is 11.0. The Kier molecular flexibility index (Phi) is 7.05. The van der Waals surface area contributed by atoms with Crippen molar-refractivity contribution in [3.05, 3.63) is 35.6 Å². The molecule has 0 fully saturated rings. The molecule has 1 aromatic rings. The summed E-state index contributed by atoms with van der Waals surface area (Å²) in [6, 6.07) is 6.48. The standard InChI is InChI=1S/C8H8FNS.C4H10/c1-6(10-11)7-4-2-3-5-8(7)9;1-4(2)3/h2-5,11H,1H3;4H,1-3H3/b10-6+;. The highest BCUT2D eigenvalue weighted by molar-refractivity contribution is 7.79. The van der Waals surface area contributed by atoms with E-state index in [1.165, 1.54) is 6.07 Å². The van der Waals surface area contributed by atoms with Crippen LogP contribution in [0.25, 0.3) is 0 Å². The first kappa shape index (κ1) is 14.2. The maximum Gasteiger partial charge on any atom is 0.132 e. The molecule has 3 heteroatoms. The van der Waals surface area contributed by atoms with Gasteiger partial charge in [0.05, 0.1) is 5.71 Å². The van der Waals surface area contributed by atoms with Crippen LogP contribution >= 0.6 is 12.8 Å². The molecular weight excluding hydrogens is 209 g/mol. The molecule has 0 aliphatic carbocycles. The quantitative estimate of drug-likeness (QED) is 0.547. The van der Waals surface area contributed by atoms with E-state index in [4.69, 9.17) is 0 Å². The zero-order valence-corrected chi connectivity index (χ0v) is 10.6. The molecule has 1 nitrogen and oxygen atoms in total. The first-order chi connectivity index (χ1) is 6.99. The number of hydrogen-bond acceptors (Lipinski definition) is 2. The van der Waals surface area contributed by atoms with Gasteiger partial charge in [0.15, 0.2) is 0 Å². The van der Waals surface area contributed by atoms with Gasteiger partial charge in [-0.1, -0.05) is 39.0 Å². The second kappa shape index (κ2) is 7.46. The van der Waals surface area contributed by atoms with Crippen LogP contribution in [0.2, 0.25) is 0 Å². The van der Waals surface area contributed by atoms with Crippen LogP contribution in [0.15, 0.2) is 28.7 Å². The highest BCUT2D eigenvalue weighted by atomic mass is 32.1. The second-order valence-electron chi connectivity index (χ2n) is 3.90. The average Bonchev–Trinajstić information content (AvgIpc) is 2.16. The van der Waals surface area contributed by atoms with Crippen LogP contribution < -0.4 is 0 Å². The van der Waals surface area contributed by atoms with Gasteiger partial charge in [-0.25, -0.2) is 8.79 Å². The van der Waals surface area contributed by atoms with E-state index in [1.807, 2.05) is 0 Å². The Bertz CT molecular complexity index is 318. The van der Waals surface area contributed by atoms with Gasteiger partial charge in [0.2, 0.25) is 0 Å². The molecule has 1 aromatic carbocycles. The lowest BCUT2D eigenvalue weighted by atomic mass is 10.1. The van der Waals surface area contributed by atoms with Crippen LogP contribution in [-0.2, 0) is 0 Å². The highest BCUT2D eigenvalue weighted by Gasteiger charge is 2.01. The molecule has 0 saturated carbocycles. The molecular formula is C12H18FNS. The molecule has 15 heavy (non-hydrogen) atoms. The van der Waals surface area contributed by atoms with Gasteiger partial charge in [0, 0.05) is 5.56 Å². The molecule has 0 heterocycles. The van der Waals surface area contributed by atoms with Gasteiger partial charge in [0.1, 0.15) is 5.82 Å². The van der Waals surface area contributed by atoms with Crippen LogP contribution in [0, 0.1) is 11.7 Å². The summed E-state index contributed by atoms with van der Waals surface area (Å²) in [5.41, 5.74) is 1.09. The lowest BCUT2D eigenvalue weighted by Gasteiger charge is -1.98. The minimum absolute atomic E-state index is 0.261. The number of rotatable bonds is 1. The summed E-state index contributed by atoms with van der Waals surface area (Å²) in [5.74, 6) is 0.572. The Morgan fingerprint density at radius 3 is 2.13 bits per heavy atom. The van der Waals surface area contributed by atoms with Crippen molar-refractivity contribution in [3.8, 4) is 0 Å². The first-order valence-corrected chi connectivity index (χ1v) is 5.32. The van der Waals surface area contributed by atoms with E-state index in [0.717, 1.165) is 5.92 Å². The van der Waals surface area contributed by atoms with Crippen LogP contribution in [-0.4, -0.2) is 5.71 Å². The van der Waals surface area contributed by atoms with Crippen LogP contribution in [0.5, 0.6) is 0 Å². The van der Waals surface area contributed by atoms with Gasteiger partial charge in [0.25, 0.3) is 0 Å². The number of thiol groups is 1. The molecule has 0 spiro atoms. The molecule has 0 saturated heterocycles. The molecule has 0 aliphatic rings. The zero-order chi connectivity index (χ0) is 11.8. The van der Waals surface area contributed by atoms with Crippen molar-refractivity contribution >= 4 is 18.5 Å². The average molecular weight is 227 g/mol. The van der Waals surface area contributed by atoms with Gasteiger partial charge in [-0.05, 0) is 31.7 Å². The molecule has 0 aromatic heterocycles. The number of benzene rings is 1. The third-order valence-corrected chi connectivity index (χ3v) is 1.71. The van der Waals surface area contributed by atoms with Crippen molar-refractivity contribution in [3.63, 3.8) is 0 Å². The summed E-state index contributed by atoms with van der Waals surface area (Å²) >= 11 is 3.70. The van der Waals surface area contributed by atoms with E-state index in [-0.39, 0.29) is 5.82 Å². The fourth-order valence-electron chi connectivity index (χ4n) is 0.808. The molecule has 0 radical (unpaired) electrons. The monoisotopic (exact) mass is 227 g/mol. The summed E-state index contributed by atoms with van der Waals surface area (Å²) in [6.45, 7) is 8.21. The fraction of sp³-hybridized carbons (Fsp3) is 0.417. The van der Waals surface area contributed by atoms with Crippen molar-refractivity contribution in [2.24, 2.45) is 10.3 Å². The van der Waals surface area contributed by atoms with E-state index < -0.39 is 0 Å². The van der Waals surface area contributed by atoms with Gasteiger partial charge >= 0.3 is 0 Å². The molecule has 0 aliphatic heterocycles. The minimum Gasteiger partial charge on any atom is -0.224 e. The number of halogens is 1. The van der Waals surface area contributed by atoms with E-state index in [0.29, 0.717) is 11.3 Å². The Morgan fingerprint density at radius 1 is 1.27 bits per heavy atom. The predicted octanol–water partition coefficient (Wildman–Crippen LogP) is 4.14. The van der Waals surface area contributed by atoms with E-state index >= 15 is 0 Å². The molecule has 0 atom stereocenters. The van der Waals surface area contributed by atoms with Crippen molar-refractivity contribution in [1.82, 2.24) is 0 Å². The molecule has 1 rings (SSSR count). The third-order valence-electron chi connectivity index (χ3n) is 1.41. The van der Waals surface area contributed by atoms with Gasteiger partial charge in [-0.15, -0.1) is 0 Å². The second-order valence-corrected chi connectivity index (χ2v) is 4.10. The smallest absolute Gasteiger partial charge is 0.132 e. The Balaban J connectivity index is 0.000000423. The predicted molar refractivity (Wildman–Crippen MR) is 68.1 cm³/mol. The maximum absolute atomic E-state index is 12.9. The van der Waals surface area contributed by atoms with Crippen molar-refractivity contribution in [2.75, 3.05) is 0 Å². The summed E-state index contributed by atoms with van der Waals surface area (Å²) in [4.78, 5) is 0. The molecule has 0 unspecified atom stereocenters. The SMILES string of the molecule is C/C(=N\S)c1ccccc1F.CC(C)C. The fourth-order valence-corrected chi connectivity index (χ4v) is 0.916. The molecule has 84 valence electrons. The van der Waals surface area contributed by atoms with Gasteiger partial charge in [-0.3, -0.25) is 0 Å². The highest BCUT2D eigenvalue weighted by Crippen LogP contribution is 2.07. The Labute approximate surface area is 97.0 Å². The Hall–Kier alpha value is -0.830. The summed E-state index contributed by atoms with van der Waals surface area (Å²) in [6.07, 6.45) is 0. The van der Waals surface area contributed by atoms with E-state index in [1.54, 1.807) is 25.1 Å². The molecule has 0 amide bonds. The van der Waals surface area contributed by atoms with Gasteiger partial charge < -0.3 is 0 Å². The zero-order valence-electron chi connectivity index (χ0n) is 9.66. The minimum atomic E-state index is -0.261. The number of hydrogen-bond donors (Lipinski definition) is 1. The lowest BCUT2D eigenvalue weighted by Crippen LogP contribution is -1.96. The maximum atomic E-state index is 12.9. The van der Waals surface area contributed by atoms with E-state index in [9.17, 15) is 4.39 Å². The van der Waals surface area contributed by atoms with E-state index in [2.05, 4.69) is 38.0 Å². The van der Waals surface area contributed by atoms with Crippen molar-refractivity contribution in [1.29, 1.82) is 0 Å². The van der Waals surface area contributed by atoms with Crippen LogP contribution in [0.1, 0.15) is 33.3 Å². The van der Waals surface area contributed by atoms with Gasteiger partial charge in [-0.2, -0.15) is 0 Å². The van der Waals surface area contributed by atoms with Crippen LogP contribution in [0.3, 0.4) is 0 Å². The molecule has 0 N–H and O–H groups in total. The van der Waals surface area contributed by atoms with Crippen molar-refractivity contribution < 1.29 is 4.39 Å². The van der Waals surface area contributed by atoms with Crippen molar-refractivity contribution in [2.45, 2.75) is 27.7 Å². The largest absolute Gasteiger partial charge is 0.224 e. The summed E-state index contributed by atoms with van der Waals surface area (Å²) < 4.78 is 16.5. The Morgan fingerprint density at radius 2 is 1.73 bits per heavy atom. The van der Waals surface area contributed by atoms with Crippen LogP contribution in [0.4, 0.5) is 4.39 Å². The lowest BCUT2D eigenvalue weighted by molar-refractivity contribution is 0.625. The topological polar surface area (TPSA) is 12.4 Å². The number of nitrogens with zero attached hydrogens (tertiary/aromatic N) is 1. The summed E-state index contributed by atoms with van der Waals surface area (Å²) in [7, 11) is 0. The molecule has 0 bridgehead atoms.